The molecule has 0 unspecified atom stereocenters. The lowest BCUT2D eigenvalue weighted by atomic mass is 10.1. The Morgan fingerprint density at radius 1 is 1.53 bits per heavy atom. The average molecular weight is 227 g/mol. The van der Waals surface area contributed by atoms with Gasteiger partial charge in [-0.1, -0.05) is 16.8 Å². The van der Waals surface area contributed by atoms with Gasteiger partial charge in [-0.2, -0.15) is 4.91 Å². The first-order valence-corrected chi connectivity index (χ1v) is 4.86. The second-order valence-electron chi connectivity index (χ2n) is 3.07. The molecule has 0 aliphatic rings. The van der Waals surface area contributed by atoms with Crippen LogP contribution in [0.3, 0.4) is 0 Å². The summed E-state index contributed by atoms with van der Waals surface area (Å²) in [5.41, 5.74) is 1.38. The topological polar surface area (TPSA) is 58.5 Å². The molecule has 0 spiro atoms. The number of aryl methyl sites for hydroxylation is 1. The zero-order valence-electron chi connectivity index (χ0n) is 8.29. The van der Waals surface area contributed by atoms with Crippen molar-refractivity contribution in [1.29, 1.82) is 0 Å². The first kappa shape index (κ1) is 11.7. The normalized spacial score (nSPS) is 9.73. The number of nitroso groups, excluding NO2 is 1. The van der Waals surface area contributed by atoms with Crippen LogP contribution in [0.25, 0.3) is 0 Å². The predicted octanol–water partition coefficient (Wildman–Crippen LogP) is 2.14. The molecule has 0 saturated carbocycles. The summed E-state index contributed by atoms with van der Waals surface area (Å²) >= 11 is 5.82. The van der Waals surface area contributed by atoms with E-state index in [4.69, 9.17) is 11.6 Å². The molecule has 0 heterocycles. The van der Waals surface area contributed by atoms with Gasteiger partial charge in [-0.25, -0.2) is 0 Å². The summed E-state index contributed by atoms with van der Waals surface area (Å²) in [4.78, 5) is 21.3. The largest absolute Gasteiger partial charge is 0.350 e. The molecule has 1 aromatic rings. The summed E-state index contributed by atoms with van der Waals surface area (Å²) in [6, 6.07) is 5.01. The molecule has 80 valence electrons. The second-order valence-corrected chi connectivity index (χ2v) is 3.48. The van der Waals surface area contributed by atoms with Crippen molar-refractivity contribution in [3.63, 3.8) is 0 Å². The maximum atomic E-state index is 11.5. The number of hydrogen-bond acceptors (Lipinski definition) is 3. The third-order valence-electron chi connectivity index (χ3n) is 1.91. The molecule has 0 aliphatic heterocycles. The van der Waals surface area contributed by atoms with Crippen LogP contribution in [0.1, 0.15) is 15.9 Å². The minimum absolute atomic E-state index is 0.0817. The highest BCUT2D eigenvalue weighted by atomic mass is 35.5. The van der Waals surface area contributed by atoms with Gasteiger partial charge in [0.1, 0.15) is 0 Å². The summed E-state index contributed by atoms with van der Waals surface area (Å²) in [7, 11) is 0. The van der Waals surface area contributed by atoms with Crippen LogP contribution in [-0.2, 0) is 0 Å². The van der Waals surface area contributed by atoms with Gasteiger partial charge in [0, 0.05) is 17.1 Å². The summed E-state index contributed by atoms with van der Waals surface area (Å²) in [6.45, 7) is 2.16. The maximum absolute atomic E-state index is 11.5. The number of hydrogen-bond donors (Lipinski definition) is 1. The molecule has 1 rings (SSSR count). The molecule has 0 atom stereocenters. The van der Waals surface area contributed by atoms with E-state index in [0.717, 1.165) is 5.56 Å². The summed E-state index contributed by atoms with van der Waals surface area (Å²) in [6.07, 6.45) is 0. The lowest BCUT2D eigenvalue weighted by Crippen LogP contribution is -2.25. The van der Waals surface area contributed by atoms with Crippen molar-refractivity contribution in [2.75, 3.05) is 13.1 Å². The van der Waals surface area contributed by atoms with E-state index in [2.05, 4.69) is 10.5 Å². The van der Waals surface area contributed by atoms with Gasteiger partial charge in [-0.05, 0) is 30.7 Å². The first-order valence-electron chi connectivity index (χ1n) is 4.48. The van der Waals surface area contributed by atoms with Crippen molar-refractivity contribution in [3.05, 3.63) is 39.3 Å². The minimum Gasteiger partial charge on any atom is -0.350 e. The van der Waals surface area contributed by atoms with E-state index in [-0.39, 0.29) is 19.0 Å². The smallest absolute Gasteiger partial charge is 0.251 e. The Kier molecular flexibility index (Phi) is 4.24. The lowest BCUT2D eigenvalue weighted by Gasteiger charge is -2.04. The standard InChI is InChI=1S/C10H11ClN2O2/c1-7-6-8(2-3-9(7)11)10(14)12-4-5-13-15/h2-3,6H,4-5H2,1H3,(H,12,14). The summed E-state index contributed by atoms with van der Waals surface area (Å²) in [5, 5.41) is 5.84. The molecule has 0 saturated heterocycles. The van der Waals surface area contributed by atoms with Gasteiger partial charge in [0.05, 0.1) is 6.54 Å². The van der Waals surface area contributed by atoms with Crippen LogP contribution in [0.4, 0.5) is 0 Å². The van der Waals surface area contributed by atoms with Crippen molar-refractivity contribution in [1.82, 2.24) is 5.32 Å². The molecule has 0 radical (unpaired) electrons. The fraction of sp³-hybridized carbons (Fsp3) is 0.300. The minimum atomic E-state index is -0.224. The third kappa shape index (κ3) is 3.32. The highest BCUT2D eigenvalue weighted by molar-refractivity contribution is 6.31. The van der Waals surface area contributed by atoms with Crippen LogP contribution >= 0.6 is 11.6 Å². The quantitative estimate of drug-likeness (QED) is 0.632. The zero-order valence-corrected chi connectivity index (χ0v) is 9.04. The number of rotatable bonds is 4. The van der Waals surface area contributed by atoms with Crippen molar-refractivity contribution >= 4 is 17.5 Å². The van der Waals surface area contributed by atoms with Crippen LogP contribution in [-0.4, -0.2) is 19.0 Å². The van der Waals surface area contributed by atoms with E-state index in [9.17, 15) is 9.70 Å². The first-order chi connectivity index (χ1) is 7.15. The molecule has 0 aliphatic carbocycles. The van der Waals surface area contributed by atoms with Crippen molar-refractivity contribution < 1.29 is 4.79 Å². The zero-order chi connectivity index (χ0) is 11.3. The monoisotopic (exact) mass is 226 g/mol. The number of benzene rings is 1. The van der Waals surface area contributed by atoms with Crippen molar-refractivity contribution in [2.24, 2.45) is 5.18 Å². The molecule has 1 aromatic carbocycles. The molecule has 15 heavy (non-hydrogen) atoms. The molecular weight excluding hydrogens is 216 g/mol. The highest BCUT2D eigenvalue weighted by Crippen LogP contribution is 2.15. The SMILES string of the molecule is Cc1cc(C(=O)NCCN=O)ccc1Cl. The van der Waals surface area contributed by atoms with E-state index in [1.54, 1.807) is 18.2 Å². The summed E-state index contributed by atoms with van der Waals surface area (Å²) < 4.78 is 0. The molecule has 0 aromatic heterocycles. The van der Waals surface area contributed by atoms with Crippen LogP contribution in [0.5, 0.6) is 0 Å². The fourth-order valence-electron chi connectivity index (χ4n) is 1.10. The second kappa shape index (κ2) is 5.46. The van der Waals surface area contributed by atoms with Gasteiger partial charge in [0.15, 0.2) is 0 Å². The Labute approximate surface area is 92.6 Å². The summed E-state index contributed by atoms with van der Waals surface area (Å²) in [5.74, 6) is -0.224. The van der Waals surface area contributed by atoms with E-state index >= 15 is 0 Å². The van der Waals surface area contributed by atoms with Gasteiger partial charge in [-0.15, -0.1) is 0 Å². The Morgan fingerprint density at radius 2 is 2.27 bits per heavy atom. The van der Waals surface area contributed by atoms with Gasteiger partial charge >= 0.3 is 0 Å². The van der Waals surface area contributed by atoms with E-state index in [0.29, 0.717) is 10.6 Å². The van der Waals surface area contributed by atoms with Gasteiger partial charge in [-0.3, -0.25) is 4.79 Å². The number of nitrogens with zero attached hydrogens (tertiary/aromatic N) is 1. The van der Waals surface area contributed by atoms with E-state index < -0.39 is 0 Å². The molecule has 5 heteroatoms. The average Bonchev–Trinajstić information content (AvgIpc) is 2.22. The maximum Gasteiger partial charge on any atom is 0.251 e. The van der Waals surface area contributed by atoms with Gasteiger partial charge in [0.2, 0.25) is 0 Å². The predicted molar refractivity (Wildman–Crippen MR) is 59.2 cm³/mol. The number of carbonyl (C=O) groups excluding carboxylic acids is 1. The molecular formula is C10H11ClN2O2. The number of amides is 1. The molecule has 4 nitrogen and oxygen atoms in total. The van der Waals surface area contributed by atoms with E-state index in [1.165, 1.54) is 0 Å². The number of carbonyl (C=O) groups is 1. The van der Waals surface area contributed by atoms with E-state index in [1.807, 2.05) is 6.92 Å². The Morgan fingerprint density at radius 3 is 2.87 bits per heavy atom. The van der Waals surface area contributed by atoms with Gasteiger partial charge in [0.25, 0.3) is 5.91 Å². The number of halogens is 1. The lowest BCUT2D eigenvalue weighted by molar-refractivity contribution is 0.0954. The molecule has 0 fully saturated rings. The molecule has 1 N–H and O–H groups in total. The Hall–Kier alpha value is -1.42. The molecule has 1 amide bonds. The van der Waals surface area contributed by atoms with Crippen molar-refractivity contribution in [2.45, 2.75) is 6.92 Å². The van der Waals surface area contributed by atoms with Crippen LogP contribution in [0.15, 0.2) is 23.4 Å². The molecule has 0 bridgehead atoms. The van der Waals surface area contributed by atoms with Crippen LogP contribution in [0.2, 0.25) is 5.02 Å². The van der Waals surface area contributed by atoms with Crippen LogP contribution in [0, 0.1) is 11.8 Å². The Balaban J connectivity index is 2.65. The highest BCUT2D eigenvalue weighted by Gasteiger charge is 2.05. The number of nitrogens with one attached hydrogen (secondary N) is 1. The Bertz CT molecular complexity index is 380. The van der Waals surface area contributed by atoms with Gasteiger partial charge < -0.3 is 5.32 Å². The van der Waals surface area contributed by atoms with Crippen LogP contribution < -0.4 is 5.32 Å². The van der Waals surface area contributed by atoms with Crippen molar-refractivity contribution in [3.8, 4) is 0 Å². The third-order valence-corrected chi connectivity index (χ3v) is 2.33. The fourth-order valence-corrected chi connectivity index (χ4v) is 1.22.